The van der Waals surface area contributed by atoms with Gasteiger partial charge in [0.1, 0.15) is 18.0 Å². The molecule has 0 aromatic carbocycles. The van der Waals surface area contributed by atoms with Gasteiger partial charge in [-0.05, 0) is 12.5 Å². The molecule has 0 amide bonds. The molecule has 0 spiro atoms. The Balaban J connectivity index is 1.91. The first-order valence-corrected chi connectivity index (χ1v) is 7.87. The normalized spacial score (nSPS) is 43.4. The van der Waals surface area contributed by atoms with Crippen LogP contribution in [0.3, 0.4) is 0 Å². The minimum absolute atomic E-state index is 0.106. The first-order chi connectivity index (χ1) is 9.17. The van der Waals surface area contributed by atoms with Gasteiger partial charge in [-0.3, -0.25) is 0 Å². The second-order valence-electron chi connectivity index (χ2n) is 5.23. The summed E-state index contributed by atoms with van der Waals surface area (Å²) >= 11 is 10.1. The third-order valence-electron chi connectivity index (χ3n) is 4.26. The maximum atomic E-state index is 6.51. The van der Waals surface area contributed by atoms with E-state index in [-0.39, 0.29) is 35.5 Å². The number of ether oxygens (including phenoxy) is 2. The lowest BCUT2D eigenvalue weighted by Crippen LogP contribution is -2.34. The van der Waals surface area contributed by atoms with Gasteiger partial charge in [-0.15, -0.1) is 18.0 Å². The molecule has 3 saturated heterocycles. The van der Waals surface area contributed by atoms with E-state index in [1.807, 2.05) is 6.08 Å². The maximum absolute atomic E-state index is 6.51. The highest BCUT2D eigenvalue weighted by molar-refractivity contribution is 9.11. The summed E-state index contributed by atoms with van der Waals surface area (Å²) in [5, 5.41) is -0.106. The van der Waals surface area contributed by atoms with Crippen LogP contribution in [-0.4, -0.2) is 23.7 Å². The van der Waals surface area contributed by atoms with Crippen molar-refractivity contribution >= 4 is 27.5 Å². The second-order valence-corrected chi connectivity index (χ2v) is 6.69. The van der Waals surface area contributed by atoms with Crippen molar-refractivity contribution in [2.24, 2.45) is 11.8 Å². The van der Waals surface area contributed by atoms with Gasteiger partial charge in [-0.1, -0.05) is 34.9 Å². The van der Waals surface area contributed by atoms with Gasteiger partial charge in [0.15, 0.2) is 0 Å². The summed E-state index contributed by atoms with van der Waals surface area (Å²) in [7, 11) is 0. The summed E-state index contributed by atoms with van der Waals surface area (Å²) in [6, 6.07) is 0. The zero-order valence-electron chi connectivity index (χ0n) is 10.7. The Morgan fingerprint density at radius 3 is 3.11 bits per heavy atom. The predicted molar refractivity (Wildman–Crippen MR) is 79.0 cm³/mol. The van der Waals surface area contributed by atoms with Crippen LogP contribution in [0.25, 0.3) is 0 Å². The SMILES string of the molecule is C#C/C=C\[C@@H](Cl)[C@H]1[C@@H]2/C(=C(/Br)CC)O[C@@H]3C[C@H]1O[C@H]23. The maximum Gasteiger partial charge on any atom is 0.128 e. The van der Waals surface area contributed by atoms with E-state index in [9.17, 15) is 0 Å². The smallest absolute Gasteiger partial charge is 0.128 e. The van der Waals surface area contributed by atoms with Crippen molar-refractivity contribution in [3.05, 3.63) is 22.4 Å². The molecular weight excluding hydrogens is 328 g/mol. The van der Waals surface area contributed by atoms with Crippen LogP contribution in [0.1, 0.15) is 19.8 Å². The van der Waals surface area contributed by atoms with Gasteiger partial charge in [0.2, 0.25) is 0 Å². The zero-order valence-corrected chi connectivity index (χ0v) is 13.0. The molecule has 19 heavy (non-hydrogen) atoms. The number of hydrogen-bond acceptors (Lipinski definition) is 2. The van der Waals surface area contributed by atoms with Gasteiger partial charge >= 0.3 is 0 Å². The number of fused-ring (bicyclic) bond motifs is 1. The van der Waals surface area contributed by atoms with E-state index in [1.54, 1.807) is 6.08 Å². The number of hydrogen-bond donors (Lipinski definition) is 0. The minimum atomic E-state index is -0.106. The molecule has 0 unspecified atom stereocenters. The van der Waals surface area contributed by atoms with Crippen LogP contribution >= 0.6 is 27.5 Å². The Bertz CT molecular complexity index is 477. The lowest BCUT2D eigenvalue weighted by molar-refractivity contribution is 0.0690. The van der Waals surface area contributed by atoms with Crippen LogP contribution in [0.15, 0.2) is 22.4 Å². The van der Waals surface area contributed by atoms with E-state index in [0.717, 1.165) is 23.1 Å². The molecule has 102 valence electrons. The summed E-state index contributed by atoms with van der Waals surface area (Å²) in [6.07, 6.45) is 11.3. The molecule has 0 aromatic rings. The Morgan fingerprint density at radius 2 is 2.42 bits per heavy atom. The summed E-state index contributed by atoms with van der Waals surface area (Å²) in [6.45, 7) is 2.11. The monoisotopic (exact) mass is 342 g/mol. The zero-order chi connectivity index (χ0) is 13.6. The molecule has 3 rings (SSSR count). The fraction of sp³-hybridized carbons (Fsp3) is 0.600. The quantitative estimate of drug-likeness (QED) is 0.576. The Hall–Kier alpha value is -0.430. The highest BCUT2D eigenvalue weighted by Crippen LogP contribution is 2.56. The number of rotatable bonds is 3. The summed E-state index contributed by atoms with van der Waals surface area (Å²) in [5.74, 6) is 4.06. The molecule has 0 N–H and O–H groups in total. The van der Waals surface area contributed by atoms with Crippen LogP contribution in [0.5, 0.6) is 0 Å². The van der Waals surface area contributed by atoms with Crippen molar-refractivity contribution in [2.45, 2.75) is 43.5 Å². The molecule has 0 radical (unpaired) electrons. The predicted octanol–water partition coefficient (Wildman–Crippen LogP) is 3.60. The summed E-state index contributed by atoms with van der Waals surface area (Å²) < 4.78 is 13.2. The molecule has 2 nitrogen and oxygen atoms in total. The molecule has 0 saturated carbocycles. The average Bonchev–Trinajstić information content (AvgIpc) is 3.02. The van der Waals surface area contributed by atoms with Gasteiger partial charge in [-0.2, -0.15) is 0 Å². The van der Waals surface area contributed by atoms with Gasteiger partial charge in [0.25, 0.3) is 0 Å². The van der Waals surface area contributed by atoms with Crippen molar-refractivity contribution in [1.82, 2.24) is 0 Å². The highest BCUT2D eigenvalue weighted by Gasteiger charge is 2.63. The average molecular weight is 344 g/mol. The van der Waals surface area contributed by atoms with Crippen molar-refractivity contribution in [3.63, 3.8) is 0 Å². The fourth-order valence-corrected chi connectivity index (χ4v) is 4.25. The standard InChI is InChI=1S/C15H16BrClO2/c1-3-5-6-9(17)12-10-7-11-15(18-10)13(12)14(19-11)8(16)4-2/h1,5-6,9-13,15H,4,7H2,2H3/b6-5-,14-8-/t9-,10-,11-,12-,13-,15+/m1/s1. The van der Waals surface area contributed by atoms with E-state index in [1.165, 1.54) is 0 Å². The number of terminal acetylenes is 1. The molecular formula is C15H16BrClO2. The van der Waals surface area contributed by atoms with Crippen LogP contribution in [0.4, 0.5) is 0 Å². The van der Waals surface area contributed by atoms with E-state index < -0.39 is 0 Å². The lowest BCUT2D eigenvalue weighted by atomic mass is 9.77. The fourth-order valence-electron chi connectivity index (χ4n) is 3.50. The first-order valence-electron chi connectivity index (χ1n) is 6.64. The van der Waals surface area contributed by atoms with E-state index in [2.05, 4.69) is 28.8 Å². The summed E-state index contributed by atoms with van der Waals surface area (Å²) in [5.41, 5.74) is 0. The lowest BCUT2D eigenvalue weighted by Gasteiger charge is -2.25. The van der Waals surface area contributed by atoms with Crippen LogP contribution < -0.4 is 0 Å². The third kappa shape index (κ3) is 2.05. The molecule has 0 aliphatic carbocycles. The van der Waals surface area contributed by atoms with Crippen LogP contribution in [0, 0.1) is 24.2 Å². The second kappa shape index (κ2) is 5.16. The van der Waals surface area contributed by atoms with Crippen LogP contribution in [-0.2, 0) is 9.47 Å². The molecule has 2 bridgehead atoms. The molecule has 4 heteroatoms. The van der Waals surface area contributed by atoms with E-state index >= 15 is 0 Å². The van der Waals surface area contributed by atoms with Crippen LogP contribution in [0.2, 0.25) is 0 Å². The van der Waals surface area contributed by atoms with Gasteiger partial charge in [-0.25, -0.2) is 0 Å². The molecule has 6 atom stereocenters. The molecule has 3 aliphatic rings. The Morgan fingerprint density at radius 1 is 1.63 bits per heavy atom. The molecule has 3 heterocycles. The van der Waals surface area contributed by atoms with E-state index in [0.29, 0.717) is 0 Å². The minimum Gasteiger partial charge on any atom is -0.491 e. The summed E-state index contributed by atoms with van der Waals surface area (Å²) in [4.78, 5) is 0. The first kappa shape index (κ1) is 13.5. The number of alkyl halides is 1. The van der Waals surface area contributed by atoms with E-state index in [4.69, 9.17) is 27.5 Å². The van der Waals surface area contributed by atoms with Crippen molar-refractivity contribution in [1.29, 1.82) is 0 Å². The Kier molecular flexibility index (Phi) is 3.68. The number of halogens is 2. The van der Waals surface area contributed by atoms with Gasteiger partial charge in [0, 0.05) is 16.8 Å². The molecule has 3 fully saturated rings. The molecule has 3 aliphatic heterocycles. The number of allylic oxidation sites excluding steroid dienone is 3. The largest absolute Gasteiger partial charge is 0.491 e. The van der Waals surface area contributed by atoms with Gasteiger partial charge in [0.05, 0.1) is 17.4 Å². The third-order valence-corrected chi connectivity index (χ3v) is 5.65. The van der Waals surface area contributed by atoms with Gasteiger partial charge < -0.3 is 9.47 Å². The van der Waals surface area contributed by atoms with Crippen molar-refractivity contribution < 1.29 is 9.47 Å². The van der Waals surface area contributed by atoms with Crippen molar-refractivity contribution in [2.75, 3.05) is 0 Å². The topological polar surface area (TPSA) is 18.5 Å². The highest BCUT2D eigenvalue weighted by atomic mass is 79.9. The Labute approximate surface area is 127 Å². The van der Waals surface area contributed by atoms with Crippen molar-refractivity contribution in [3.8, 4) is 12.3 Å². The molecule has 0 aromatic heterocycles.